The lowest BCUT2D eigenvalue weighted by Crippen LogP contribution is -1.98. The molecule has 1 atom stereocenters. The van der Waals surface area contributed by atoms with Gasteiger partial charge in [0.25, 0.3) is 0 Å². The van der Waals surface area contributed by atoms with Gasteiger partial charge in [-0.3, -0.25) is 0 Å². The predicted octanol–water partition coefficient (Wildman–Crippen LogP) is 3.63. The van der Waals surface area contributed by atoms with Crippen molar-refractivity contribution in [3.05, 3.63) is 34.3 Å². The van der Waals surface area contributed by atoms with Crippen LogP contribution in [0.3, 0.4) is 0 Å². The van der Waals surface area contributed by atoms with Crippen molar-refractivity contribution in [2.45, 2.75) is 18.8 Å². The van der Waals surface area contributed by atoms with E-state index in [1.165, 1.54) is 23.5 Å². The van der Waals surface area contributed by atoms with Crippen molar-refractivity contribution in [2.75, 3.05) is 11.5 Å². The Labute approximate surface area is 99.4 Å². The number of nitriles is 1. The molecule has 1 aromatic carbocycles. The van der Waals surface area contributed by atoms with E-state index in [-0.39, 0.29) is 0 Å². The second-order valence-electron chi connectivity index (χ2n) is 3.75. The molecule has 0 aromatic heterocycles. The zero-order valence-corrected chi connectivity index (χ0v) is 9.94. The average Bonchev–Trinajstić information content (AvgIpc) is 2.71. The Bertz CT molecular complexity index is 391. The number of nitrogens with zero attached hydrogens (tertiary/aromatic N) is 1. The molecule has 0 amide bonds. The second-order valence-corrected chi connectivity index (χ2v) is 5.31. The fraction of sp³-hybridized carbons (Fsp3) is 0.417. The van der Waals surface area contributed by atoms with Gasteiger partial charge < -0.3 is 0 Å². The summed E-state index contributed by atoms with van der Waals surface area (Å²) >= 11 is 8.22. The van der Waals surface area contributed by atoms with Crippen molar-refractivity contribution in [3.63, 3.8) is 0 Å². The molecule has 0 spiro atoms. The highest BCUT2D eigenvalue weighted by Gasteiger charge is 2.19. The highest BCUT2D eigenvalue weighted by atomic mass is 35.5. The fourth-order valence-corrected chi connectivity index (χ4v) is 3.49. The van der Waals surface area contributed by atoms with Crippen molar-refractivity contribution < 1.29 is 0 Å². The van der Waals surface area contributed by atoms with Gasteiger partial charge in [0, 0.05) is 10.8 Å². The summed E-state index contributed by atoms with van der Waals surface area (Å²) in [6.07, 6.45) is 1.67. The largest absolute Gasteiger partial charge is 0.198 e. The minimum atomic E-state index is 0.444. The fourth-order valence-electron chi connectivity index (χ4n) is 1.88. The summed E-state index contributed by atoms with van der Waals surface area (Å²) in [5.41, 5.74) is 2.26. The van der Waals surface area contributed by atoms with E-state index >= 15 is 0 Å². The summed E-state index contributed by atoms with van der Waals surface area (Å²) in [5.74, 6) is 3.02. The zero-order chi connectivity index (χ0) is 10.7. The summed E-state index contributed by atoms with van der Waals surface area (Å²) in [5, 5.41) is 9.42. The van der Waals surface area contributed by atoms with E-state index in [0.29, 0.717) is 12.3 Å². The van der Waals surface area contributed by atoms with Gasteiger partial charge in [-0.1, -0.05) is 23.7 Å². The van der Waals surface area contributed by atoms with Gasteiger partial charge in [-0.15, -0.1) is 0 Å². The molecule has 1 nitrogen and oxygen atoms in total. The zero-order valence-electron chi connectivity index (χ0n) is 8.37. The van der Waals surface area contributed by atoms with Crippen molar-refractivity contribution >= 4 is 23.4 Å². The van der Waals surface area contributed by atoms with Crippen LogP contribution in [0.2, 0.25) is 5.02 Å². The molecule has 1 saturated heterocycles. The van der Waals surface area contributed by atoms with Gasteiger partial charge in [0.05, 0.1) is 12.5 Å². The van der Waals surface area contributed by atoms with Crippen LogP contribution in [0.1, 0.15) is 23.5 Å². The first-order valence-electron chi connectivity index (χ1n) is 5.04. The van der Waals surface area contributed by atoms with Gasteiger partial charge in [-0.05, 0) is 35.3 Å². The Balaban J connectivity index is 2.22. The van der Waals surface area contributed by atoms with Crippen LogP contribution in [0, 0.1) is 11.3 Å². The molecule has 0 saturated carbocycles. The SMILES string of the molecule is N#CCc1ccc(C2CCSC2)c(Cl)c1. The van der Waals surface area contributed by atoms with Gasteiger partial charge >= 0.3 is 0 Å². The van der Waals surface area contributed by atoms with E-state index in [1.54, 1.807) is 0 Å². The Morgan fingerprint density at radius 3 is 3.00 bits per heavy atom. The summed E-state index contributed by atoms with van der Waals surface area (Å²) in [6.45, 7) is 0. The molecule has 0 aliphatic carbocycles. The van der Waals surface area contributed by atoms with Crippen molar-refractivity contribution in [1.29, 1.82) is 5.26 Å². The molecular formula is C12H12ClNS. The highest BCUT2D eigenvalue weighted by Crippen LogP contribution is 2.36. The molecule has 1 unspecified atom stereocenters. The first kappa shape index (κ1) is 10.9. The first-order chi connectivity index (χ1) is 7.31. The molecule has 1 heterocycles. The third kappa shape index (κ3) is 2.48. The monoisotopic (exact) mass is 237 g/mol. The van der Waals surface area contributed by atoms with Crippen LogP contribution in [0.4, 0.5) is 0 Å². The van der Waals surface area contributed by atoms with Crippen LogP contribution in [0.5, 0.6) is 0 Å². The van der Waals surface area contributed by atoms with E-state index in [4.69, 9.17) is 16.9 Å². The number of rotatable bonds is 2. The van der Waals surface area contributed by atoms with Crippen LogP contribution in [0.25, 0.3) is 0 Å². The van der Waals surface area contributed by atoms with E-state index < -0.39 is 0 Å². The number of thioether (sulfide) groups is 1. The number of hydrogen-bond acceptors (Lipinski definition) is 2. The maximum absolute atomic E-state index is 8.59. The third-order valence-electron chi connectivity index (χ3n) is 2.72. The first-order valence-corrected chi connectivity index (χ1v) is 6.57. The lowest BCUT2D eigenvalue weighted by atomic mass is 9.97. The molecule has 0 bridgehead atoms. The standard InChI is InChI=1S/C12H12ClNS/c13-12-7-9(3-5-14)1-2-11(12)10-4-6-15-8-10/h1-2,7,10H,3-4,6,8H2. The molecule has 2 rings (SSSR count). The average molecular weight is 238 g/mol. The van der Waals surface area contributed by atoms with Crippen molar-refractivity contribution in [2.24, 2.45) is 0 Å². The third-order valence-corrected chi connectivity index (χ3v) is 4.21. The normalized spacial score (nSPS) is 20.1. The van der Waals surface area contributed by atoms with Gasteiger partial charge in [0.2, 0.25) is 0 Å². The van der Waals surface area contributed by atoms with Crippen LogP contribution >= 0.6 is 23.4 Å². The summed E-state index contributed by atoms with van der Waals surface area (Å²) in [6, 6.07) is 8.18. The smallest absolute Gasteiger partial charge is 0.0669 e. The van der Waals surface area contributed by atoms with E-state index in [1.807, 2.05) is 23.9 Å². The second kappa shape index (κ2) is 4.92. The molecule has 0 N–H and O–H groups in total. The van der Waals surface area contributed by atoms with E-state index in [9.17, 15) is 0 Å². The Morgan fingerprint density at radius 1 is 1.53 bits per heavy atom. The number of benzene rings is 1. The molecule has 1 aliphatic rings. The van der Waals surface area contributed by atoms with Crippen LogP contribution in [0.15, 0.2) is 18.2 Å². The maximum Gasteiger partial charge on any atom is 0.0669 e. The Kier molecular flexibility index (Phi) is 3.56. The molecule has 78 valence electrons. The topological polar surface area (TPSA) is 23.8 Å². The molecule has 3 heteroatoms. The van der Waals surface area contributed by atoms with E-state index in [2.05, 4.69) is 12.1 Å². The van der Waals surface area contributed by atoms with Gasteiger partial charge in [0.15, 0.2) is 0 Å². The van der Waals surface area contributed by atoms with Crippen molar-refractivity contribution in [3.8, 4) is 6.07 Å². The minimum Gasteiger partial charge on any atom is -0.198 e. The van der Waals surface area contributed by atoms with Gasteiger partial charge in [-0.25, -0.2) is 0 Å². The minimum absolute atomic E-state index is 0.444. The predicted molar refractivity (Wildman–Crippen MR) is 65.5 cm³/mol. The lowest BCUT2D eigenvalue weighted by molar-refractivity contribution is 0.782. The summed E-state index contributed by atoms with van der Waals surface area (Å²) in [4.78, 5) is 0. The van der Waals surface area contributed by atoms with Crippen LogP contribution in [-0.2, 0) is 6.42 Å². The van der Waals surface area contributed by atoms with Crippen molar-refractivity contribution in [1.82, 2.24) is 0 Å². The molecule has 1 aliphatic heterocycles. The Morgan fingerprint density at radius 2 is 2.40 bits per heavy atom. The van der Waals surface area contributed by atoms with E-state index in [0.717, 1.165) is 10.6 Å². The number of halogens is 1. The lowest BCUT2D eigenvalue weighted by Gasteiger charge is -2.11. The van der Waals surface area contributed by atoms with Gasteiger partial charge in [0.1, 0.15) is 0 Å². The molecule has 1 aromatic rings. The molecule has 0 radical (unpaired) electrons. The highest BCUT2D eigenvalue weighted by molar-refractivity contribution is 7.99. The van der Waals surface area contributed by atoms with Crippen LogP contribution < -0.4 is 0 Å². The molecule has 1 fully saturated rings. The van der Waals surface area contributed by atoms with Gasteiger partial charge in [-0.2, -0.15) is 17.0 Å². The summed E-state index contributed by atoms with van der Waals surface area (Å²) in [7, 11) is 0. The molecular weight excluding hydrogens is 226 g/mol. The quantitative estimate of drug-likeness (QED) is 0.785. The summed E-state index contributed by atoms with van der Waals surface area (Å²) < 4.78 is 0. The van der Waals surface area contributed by atoms with Crippen LogP contribution in [-0.4, -0.2) is 11.5 Å². The Hall–Kier alpha value is -0.650. The maximum atomic E-state index is 8.59. The molecule has 15 heavy (non-hydrogen) atoms. The number of hydrogen-bond donors (Lipinski definition) is 0.